The van der Waals surface area contributed by atoms with Crippen molar-refractivity contribution in [2.24, 2.45) is 0 Å². The molecule has 1 aromatic heterocycles. The quantitative estimate of drug-likeness (QED) is 0.598. The highest BCUT2D eigenvalue weighted by Gasteiger charge is 2.24. The van der Waals surface area contributed by atoms with E-state index >= 15 is 0 Å². The summed E-state index contributed by atoms with van der Waals surface area (Å²) in [7, 11) is 1.58. The molecule has 3 rings (SSSR count). The molecule has 0 fully saturated rings. The predicted molar refractivity (Wildman–Crippen MR) is 113 cm³/mol. The van der Waals surface area contributed by atoms with Crippen molar-refractivity contribution in [1.82, 2.24) is 15.8 Å². The second-order valence-electron chi connectivity index (χ2n) is 7.19. The van der Waals surface area contributed by atoms with Gasteiger partial charge >= 0.3 is 0 Å². The highest BCUT2D eigenvalue weighted by molar-refractivity contribution is 5.96. The van der Waals surface area contributed by atoms with Gasteiger partial charge in [-0.15, -0.1) is 0 Å². The van der Waals surface area contributed by atoms with Gasteiger partial charge in [0.25, 0.3) is 5.91 Å². The smallest absolute Gasteiger partial charge is 0.274 e. The average molecular weight is 407 g/mol. The number of aromatic nitrogens is 1. The van der Waals surface area contributed by atoms with Gasteiger partial charge in [0.15, 0.2) is 11.5 Å². The van der Waals surface area contributed by atoms with E-state index in [0.29, 0.717) is 17.9 Å². The maximum atomic E-state index is 12.8. The summed E-state index contributed by atoms with van der Waals surface area (Å²) in [6.45, 7) is 3.74. The lowest BCUT2D eigenvalue weighted by Crippen LogP contribution is -2.49. The van der Waals surface area contributed by atoms with Gasteiger partial charge in [-0.1, -0.05) is 47.6 Å². The number of nitrogens with one attached hydrogen (secondary N) is 2. The number of benzene rings is 2. The number of carbonyl (C=O) groups excluding carboxylic acids is 2. The van der Waals surface area contributed by atoms with Crippen molar-refractivity contribution in [3.8, 4) is 17.1 Å². The van der Waals surface area contributed by atoms with E-state index in [4.69, 9.17) is 9.26 Å². The zero-order chi connectivity index (χ0) is 21.5. The standard InChI is InChI=1S/C23H25N3O4/c1-15(2)24-22(27)19(12-16-8-5-4-6-9-16)25-23(28)20-14-21(30-26-20)17-10-7-11-18(13-17)29-3/h4-11,13-15,19H,12H2,1-3H3,(H,24,27)(H,25,28). The zero-order valence-electron chi connectivity index (χ0n) is 17.2. The Labute approximate surface area is 175 Å². The summed E-state index contributed by atoms with van der Waals surface area (Å²) in [6, 6.07) is 17.5. The van der Waals surface area contributed by atoms with Crippen LogP contribution < -0.4 is 15.4 Å². The number of hydrogen-bond acceptors (Lipinski definition) is 5. The fourth-order valence-electron chi connectivity index (χ4n) is 2.97. The van der Waals surface area contributed by atoms with Gasteiger partial charge in [-0.05, 0) is 31.5 Å². The number of rotatable bonds is 8. The molecule has 0 radical (unpaired) electrons. The molecule has 0 spiro atoms. The summed E-state index contributed by atoms with van der Waals surface area (Å²) in [4.78, 5) is 25.4. The van der Waals surface area contributed by atoms with E-state index in [0.717, 1.165) is 11.1 Å². The van der Waals surface area contributed by atoms with Crippen molar-refractivity contribution < 1.29 is 18.8 Å². The first-order valence-corrected chi connectivity index (χ1v) is 9.72. The van der Waals surface area contributed by atoms with Gasteiger partial charge in [-0.3, -0.25) is 9.59 Å². The van der Waals surface area contributed by atoms with E-state index < -0.39 is 11.9 Å². The number of amides is 2. The second-order valence-corrected chi connectivity index (χ2v) is 7.19. The highest BCUT2D eigenvalue weighted by atomic mass is 16.5. The first-order chi connectivity index (χ1) is 14.5. The molecule has 1 heterocycles. The lowest BCUT2D eigenvalue weighted by molar-refractivity contribution is -0.123. The van der Waals surface area contributed by atoms with Crippen LogP contribution in [0.5, 0.6) is 5.75 Å². The maximum absolute atomic E-state index is 12.8. The monoisotopic (exact) mass is 407 g/mol. The Morgan fingerprint density at radius 3 is 2.50 bits per heavy atom. The number of nitrogens with zero attached hydrogens (tertiary/aromatic N) is 1. The van der Waals surface area contributed by atoms with Crippen molar-refractivity contribution in [2.45, 2.75) is 32.4 Å². The molecule has 0 bridgehead atoms. The predicted octanol–water partition coefficient (Wildman–Crippen LogP) is 3.22. The van der Waals surface area contributed by atoms with Crippen LogP contribution in [0.3, 0.4) is 0 Å². The minimum atomic E-state index is -0.737. The molecule has 0 saturated carbocycles. The fraction of sp³-hybridized carbons (Fsp3) is 0.261. The SMILES string of the molecule is COc1cccc(-c2cc(C(=O)NC(Cc3ccccc3)C(=O)NC(C)C)no2)c1. The second kappa shape index (κ2) is 9.73. The van der Waals surface area contributed by atoms with E-state index in [1.54, 1.807) is 19.2 Å². The molecule has 0 saturated heterocycles. The van der Waals surface area contributed by atoms with E-state index in [1.165, 1.54) is 0 Å². The first kappa shape index (κ1) is 21.1. The van der Waals surface area contributed by atoms with Crippen molar-refractivity contribution in [3.05, 3.63) is 71.9 Å². The van der Waals surface area contributed by atoms with Gasteiger partial charge in [0, 0.05) is 24.1 Å². The third kappa shape index (κ3) is 5.47. The molecule has 0 aliphatic heterocycles. The number of hydrogen-bond donors (Lipinski definition) is 2. The lowest BCUT2D eigenvalue weighted by Gasteiger charge is -2.19. The normalized spacial score (nSPS) is 11.7. The molecule has 1 atom stereocenters. The number of ether oxygens (including phenoxy) is 1. The van der Waals surface area contributed by atoms with Gasteiger partial charge in [0.05, 0.1) is 7.11 Å². The molecule has 156 valence electrons. The molecule has 3 aromatic rings. The molecule has 7 nitrogen and oxygen atoms in total. The summed E-state index contributed by atoms with van der Waals surface area (Å²) in [5.74, 6) is 0.375. The van der Waals surface area contributed by atoms with Crippen LogP contribution in [0, 0.1) is 0 Å². The van der Waals surface area contributed by atoms with E-state index in [1.807, 2.05) is 62.4 Å². The summed E-state index contributed by atoms with van der Waals surface area (Å²) in [5.41, 5.74) is 1.78. The van der Waals surface area contributed by atoms with Gasteiger partial charge in [-0.2, -0.15) is 0 Å². The van der Waals surface area contributed by atoms with Gasteiger partial charge in [-0.25, -0.2) is 0 Å². The Kier molecular flexibility index (Phi) is 6.85. The van der Waals surface area contributed by atoms with E-state index in [9.17, 15) is 9.59 Å². The highest BCUT2D eigenvalue weighted by Crippen LogP contribution is 2.24. The Morgan fingerprint density at radius 2 is 1.80 bits per heavy atom. The Bertz CT molecular complexity index is 998. The Balaban J connectivity index is 1.76. The van der Waals surface area contributed by atoms with Crippen LogP contribution in [0.4, 0.5) is 0 Å². The lowest BCUT2D eigenvalue weighted by atomic mass is 10.0. The molecular weight excluding hydrogens is 382 g/mol. The molecule has 1 unspecified atom stereocenters. The molecule has 0 aliphatic rings. The van der Waals surface area contributed by atoms with Crippen molar-refractivity contribution in [2.75, 3.05) is 7.11 Å². The topological polar surface area (TPSA) is 93.5 Å². The van der Waals surface area contributed by atoms with Crippen molar-refractivity contribution >= 4 is 11.8 Å². The molecule has 2 N–H and O–H groups in total. The molecule has 2 amide bonds. The molecule has 30 heavy (non-hydrogen) atoms. The van der Waals surface area contributed by atoms with Gasteiger partial charge in [0.2, 0.25) is 5.91 Å². The van der Waals surface area contributed by atoms with Crippen LogP contribution >= 0.6 is 0 Å². The third-order valence-corrected chi connectivity index (χ3v) is 4.43. The number of methoxy groups -OCH3 is 1. The summed E-state index contributed by atoms with van der Waals surface area (Å²) in [5, 5.41) is 9.50. The van der Waals surface area contributed by atoms with Crippen LogP contribution in [-0.2, 0) is 11.2 Å². The maximum Gasteiger partial charge on any atom is 0.274 e. The van der Waals surface area contributed by atoms with Crippen LogP contribution in [0.1, 0.15) is 29.9 Å². The summed E-state index contributed by atoms with van der Waals surface area (Å²) in [6.07, 6.45) is 0.367. The van der Waals surface area contributed by atoms with Crippen LogP contribution in [0.15, 0.2) is 65.2 Å². The fourth-order valence-corrected chi connectivity index (χ4v) is 2.97. The molecule has 0 aliphatic carbocycles. The minimum Gasteiger partial charge on any atom is -0.497 e. The largest absolute Gasteiger partial charge is 0.497 e. The van der Waals surface area contributed by atoms with Crippen molar-refractivity contribution in [1.29, 1.82) is 0 Å². The molecular formula is C23H25N3O4. The van der Waals surface area contributed by atoms with Crippen LogP contribution in [-0.4, -0.2) is 36.2 Å². The van der Waals surface area contributed by atoms with Gasteiger partial charge < -0.3 is 19.9 Å². The minimum absolute atomic E-state index is 0.0422. The number of carbonyl (C=O) groups is 2. The average Bonchev–Trinajstić information content (AvgIpc) is 3.24. The Hall–Kier alpha value is -3.61. The van der Waals surface area contributed by atoms with E-state index in [-0.39, 0.29) is 17.6 Å². The van der Waals surface area contributed by atoms with Gasteiger partial charge in [0.1, 0.15) is 11.8 Å². The van der Waals surface area contributed by atoms with Crippen molar-refractivity contribution in [3.63, 3.8) is 0 Å². The molecule has 7 heteroatoms. The van der Waals surface area contributed by atoms with Crippen LogP contribution in [0.2, 0.25) is 0 Å². The summed E-state index contributed by atoms with van der Waals surface area (Å²) < 4.78 is 10.5. The third-order valence-electron chi connectivity index (χ3n) is 4.43. The Morgan fingerprint density at radius 1 is 1.03 bits per heavy atom. The first-order valence-electron chi connectivity index (χ1n) is 9.72. The van der Waals surface area contributed by atoms with Crippen LogP contribution in [0.25, 0.3) is 11.3 Å². The zero-order valence-corrected chi connectivity index (χ0v) is 17.2. The van der Waals surface area contributed by atoms with E-state index in [2.05, 4.69) is 15.8 Å². The molecule has 2 aromatic carbocycles. The summed E-state index contributed by atoms with van der Waals surface area (Å²) >= 11 is 0.